The van der Waals surface area contributed by atoms with Crippen LogP contribution in [0.2, 0.25) is 0 Å². The van der Waals surface area contributed by atoms with Crippen molar-refractivity contribution >= 4 is 65.0 Å². The molecule has 13 atom stereocenters. The molecule has 1 heterocycles. The van der Waals surface area contributed by atoms with Crippen molar-refractivity contribution in [2.24, 2.45) is 41.4 Å². The average molecular weight is 1250 g/mol. The maximum atomic E-state index is 15.2. The number of allylic oxidation sites excluding steroid dienone is 2. The summed E-state index contributed by atoms with van der Waals surface area (Å²) in [6, 6.07) is -14.1. The molecule has 24 heteroatoms. The van der Waals surface area contributed by atoms with Gasteiger partial charge in [0.1, 0.15) is 66.5 Å². The number of hydrogen-bond donors (Lipinski definition) is 6. The summed E-state index contributed by atoms with van der Waals surface area (Å²) in [6.45, 7) is 29.1. The lowest BCUT2D eigenvalue weighted by Gasteiger charge is -2.41. The van der Waals surface area contributed by atoms with Crippen molar-refractivity contribution in [3.05, 3.63) is 12.2 Å². The molecule has 0 aromatic rings. The number of nitrogens with zero attached hydrogens (tertiary/aromatic N) is 7. The Labute approximate surface area is 526 Å². The molecule has 1 aliphatic heterocycles. The van der Waals surface area contributed by atoms with Crippen molar-refractivity contribution in [1.29, 1.82) is 0 Å². The first-order chi connectivity index (χ1) is 40.7. The van der Waals surface area contributed by atoms with Gasteiger partial charge in [-0.3, -0.25) is 52.7 Å². The highest BCUT2D eigenvalue weighted by atomic mass is 16.3. The van der Waals surface area contributed by atoms with E-state index in [0.29, 0.717) is 0 Å². The molecule has 6 N–H and O–H groups in total. The standard InChI is InChI=1S/C64H115N11O13/c1-25-27-28-41(15)53(77)52-57(81)67-44(26-2)59(83)69(18)45(29-30-76)60(84)70(19)47(32-36(5)6)56(80)68-50(39(11)12)63(87)71(20)46(31-35(3)4)55(79)65-42(16)54(78)66-43(17)58(82)72(21)48(33-37(7)8)61(85)73(22)49(34-38(9)10)62(86)74(23)51(40(13)14)64(88)75(52)24/h25,27,35-53,76-77H,26,28-34H2,1-24H3,(H,65,79)(H,66,78)(H,67,81)(H,68,80)/t41-,42+,43-,44+,45-,46+,47+,48+,49+,50+,51+,52+,53-/m1/s1. The van der Waals surface area contributed by atoms with Crippen LogP contribution in [-0.2, 0) is 52.7 Å². The summed E-state index contributed by atoms with van der Waals surface area (Å²) in [5.74, 6) is -10.3. The largest absolute Gasteiger partial charge is 0.396 e. The molecule has 0 aliphatic carbocycles. The molecule has 11 amide bonds. The van der Waals surface area contributed by atoms with Crippen molar-refractivity contribution in [2.45, 2.75) is 235 Å². The lowest BCUT2D eigenvalue weighted by molar-refractivity contribution is -0.157. The Morgan fingerprint density at radius 2 is 0.818 bits per heavy atom. The van der Waals surface area contributed by atoms with Crippen LogP contribution >= 0.6 is 0 Å². The van der Waals surface area contributed by atoms with E-state index in [4.69, 9.17) is 0 Å². The zero-order chi connectivity index (χ0) is 68.3. The van der Waals surface area contributed by atoms with E-state index in [2.05, 4.69) is 21.3 Å². The van der Waals surface area contributed by atoms with Crippen molar-refractivity contribution < 1.29 is 63.0 Å². The van der Waals surface area contributed by atoms with Gasteiger partial charge >= 0.3 is 0 Å². The summed E-state index contributed by atoms with van der Waals surface area (Å²) >= 11 is 0. The molecule has 1 aliphatic rings. The number of carbonyl (C=O) groups excluding carboxylic acids is 11. The fourth-order valence-corrected chi connectivity index (χ4v) is 11.2. The van der Waals surface area contributed by atoms with Gasteiger partial charge in [-0.2, -0.15) is 0 Å². The zero-order valence-corrected chi connectivity index (χ0v) is 57.8. The van der Waals surface area contributed by atoms with Gasteiger partial charge in [-0.25, -0.2) is 0 Å². The SMILES string of the molecule is CC=CC[C@@H](C)[C@@H](O)[C@H]1C(=O)N[C@@H](CC)C(=O)N(C)[C@H](CCO)C(=O)N(C)[C@@H](CC(C)C)C(=O)N[C@@H](C(C)C)C(=O)N(C)[C@@H](CC(C)C)C(=O)N[C@@H](C)C(=O)N[C@H](C)C(=O)N(C)[C@@H](CC(C)C)C(=O)N(C)[C@@H](CC(C)C)C(=O)N(C)[C@@H](C(C)C)C(=O)N1C. The Balaban J connectivity index is 4.45. The van der Waals surface area contributed by atoms with Gasteiger partial charge in [-0.05, 0) is 107 Å². The van der Waals surface area contributed by atoms with Gasteiger partial charge in [0.25, 0.3) is 0 Å². The number of likely N-dealkylation sites (N-methyl/N-ethyl adjacent to an activating group) is 7. The number of aliphatic hydroxyl groups is 2. The number of nitrogens with one attached hydrogen (secondary N) is 4. The Hall–Kier alpha value is -6.17. The van der Waals surface area contributed by atoms with E-state index in [-0.39, 0.29) is 68.6 Å². The molecule has 24 nitrogen and oxygen atoms in total. The van der Waals surface area contributed by atoms with Gasteiger partial charge < -0.3 is 65.8 Å². The van der Waals surface area contributed by atoms with E-state index in [0.717, 1.165) is 9.80 Å². The van der Waals surface area contributed by atoms with Gasteiger partial charge in [-0.15, -0.1) is 0 Å². The van der Waals surface area contributed by atoms with Crippen LogP contribution in [0.1, 0.15) is 163 Å². The number of amides is 11. The van der Waals surface area contributed by atoms with Crippen LogP contribution in [0.5, 0.6) is 0 Å². The van der Waals surface area contributed by atoms with Gasteiger partial charge in [0.15, 0.2) is 0 Å². The summed E-state index contributed by atoms with van der Waals surface area (Å²) < 4.78 is 0. The maximum absolute atomic E-state index is 15.2. The third-order valence-corrected chi connectivity index (χ3v) is 16.8. The predicted molar refractivity (Wildman–Crippen MR) is 339 cm³/mol. The molecule has 88 heavy (non-hydrogen) atoms. The average Bonchev–Trinajstić information content (AvgIpc) is 1.33. The van der Waals surface area contributed by atoms with Gasteiger partial charge in [0.05, 0.1) is 6.10 Å². The molecular weight excluding hydrogens is 1130 g/mol. The third kappa shape index (κ3) is 21.8. The Morgan fingerprint density at radius 1 is 0.432 bits per heavy atom. The minimum absolute atomic E-state index is 0.0408. The Bertz CT molecular complexity index is 2400. The van der Waals surface area contributed by atoms with E-state index >= 15 is 9.59 Å². The lowest BCUT2D eigenvalue weighted by Crippen LogP contribution is -2.64. The highest BCUT2D eigenvalue weighted by Gasteiger charge is 2.46. The molecular formula is C64H115N11O13. The van der Waals surface area contributed by atoms with Crippen LogP contribution in [0.25, 0.3) is 0 Å². The Morgan fingerprint density at radius 3 is 1.25 bits per heavy atom. The molecule has 0 spiro atoms. The monoisotopic (exact) mass is 1250 g/mol. The highest BCUT2D eigenvalue weighted by Crippen LogP contribution is 2.26. The predicted octanol–water partition coefficient (Wildman–Crippen LogP) is 3.02. The maximum Gasteiger partial charge on any atom is 0.246 e. The third-order valence-electron chi connectivity index (χ3n) is 16.8. The minimum Gasteiger partial charge on any atom is -0.396 e. The first-order valence-corrected chi connectivity index (χ1v) is 31.7. The summed E-state index contributed by atoms with van der Waals surface area (Å²) in [6.07, 6.45) is 2.49. The van der Waals surface area contributed by atoms with Crippen LogP contribution in [0.15, 0.2) is 12.2 Å². The van der Waals surface area contributed by atoms with Crippen molar-refractivity contribution in [3.63, 3.8) is 0 Å². The second-order valence-electron chi connectivity index (χ2n) is 26.8. The fourth-order valence-electron chi connectivity index (χ4n) is 11.2. The zero-order valence-electron chi connectivity index (χ0n) is 57.8. The van der Waals surface area contributed by atoms with Crippen LogP contribution in [-0.4, -0.2) is 238 Å². The van der Waals surface area contributed by atoms with E-state index in [1.807, 2.05) is 55.4 Å². The molecule has 0 saturated carbocycles. The Kier molecular flexibility index (Phi) is 33.1. The van der Waals surface area contributed by atoms with E-state index in [9.17, 15) is 53.4 Å². The van der Waals surface area contributed by atoms with Gasteiger partial charge in [-0.1, -0.05) is 109 Å². The van der Waals surface area contributed by atoms with Crippen molar-refractivity contribution in [2.75, 3.05) is 55.9 Å². The van der Waals surface area contributed by atoms with Gasteiger partial charge in [0, 0.05) is 55.9 Å². The van der Waals surface area contributed by atoms with Crippen LogP contribution in [0.3, 0.4) is 0 Å². The number of hydrogen-bond acceptors (Lipinski definition) is 13. The fraction of sp³-hybridized carbons (Fsp3) is 0.797. The van der Waals surface area contributed by atoms with E-state index < -0.39 is 162 Å². The molecule has 0 radical (unpaired) electrons. The molecule has 0 unspecified atom stereocenters. The molecule has 1 fully saturated rings. The normalized spacial score (nSPS) is 27.2. The van der Waals surface area contributed by atoms with E-state index in [1.165, 1.54) is 87.7 Å². The van der Waals surface area contributed by atoms with Crippen LogP contribution < -0.4 is 21.3 Å². The topological polar surface area (TPSA) is 299 Å². The van der Waals surface area contributed by atoms with Crippen LogP contribution in [0, 0.1) is 41.4 Å². The summed E-state index contributed by atoms with van der Waals surface area (Å²) in [5, 5.41) is 33.5. The molecule has 0 aromatic carbocycles. The smallest absolute Gasteiger partial charge is 0.246 e. The highest BCUT2D eigenvalue weighted by molar-refractivity contribution is 6.00. The summed E-state index contributed by atoms with van der Waals surface area (Å²) in [5.41, 5.74) is 0. The van der Waals surface area contributed by atoms with Gasteiger partial charge in [0.2, 0.25) is 65.0 Å². The second-order valence-corrected chi connectivity index (χ2v) is 26.8. The number of rotatable bonds is 17. The summed E-state index contributed by atoms with van der Waals surface area (Å²) in [7, 11) is 9.78. The number of carbonyl (C=O) groups is 11. The first kappa shape index (κ1) is 79.8. The molecule has 0 aromatic heterocycles. The molecule has 1 saturated heterocycles. The number of aliphatic hydroxyl groups excluding tert-OH is 2. The molecule has 1 rings (SSSR count). The van der Waals surface area contributed by atoms with E-state index in [1.54, 1.807) is 60.6 Å². The quantitative estimate of drug-likeness (QED) is 0.114. The van der Waals surface area contributed by atoms with Crippen molar-refractivity contribution in [1.82, 2.24) is 55.6 Å². The second kappa shape index (κ2) is 36.5. The lowest BCUT2D eigenvalue weighted by atomic mass is 9.91. The molecule has 0 bridgehead atoms. The minimum atomic E-state index is -1.66. The first-order valence-electron chi connectivity index (χ1n) is 31.7. The summed E-state index contributed by atoms with van der Waals surface area (Å²) in [4.78, 5) is 170. The molecule has 504 valence electrons. The van der Waals surface area contributed by atoms with Crippen LogP contribution in [0.4, 0.5) is 0 Å². The van der Waals surface area contributed by atoms with Crippen molar-refractivity contribution in [3.8, 4) is 0 Å².